The van der Waals surface area contributed by atoms with E-state index in [-0.39, 0.29) is 10.8 Å². The molecule has 0 N–H and O–H groups in total. The quantitative estimate of drug-likeness (QED) is 0.594. The minimum Gasteiger partial charge on any atom is -0.379 e. The molecule has 3 aliphatic rings. The van der Waals surface area contributed by atoms with E-state index in [0.717, 1.165) is 70.8 Å². The maximum atomic E-state index is 13.3. The molecular formula is C24H37N3O5S. The Balaban J connectivity index is 1.38. The zero-order chi connectivity index (χ0) is 23.3. The molecule has 3 heterocycles. The number of likely N-dealkylation sites (tertiary alicyclic amines) is 1. The van der Waals surface area contributed by atoms with Gasteiger partial charge in [0.05, 0.1) is 31.3 Å². The van der Waals surface area contributed by atoms with Crippen molar-refractivity contribution in [2.24, 2.45) is 5.92 Å². The number of sulfonamides is 1. The van der Waals surface area contributed by atoms with E-state index in [2.05, 4.69) is 4.90 Å². The van der Waals surface area contributed by atoms with E-state index in [1.807, 2.05) is 11.8 Å². The van der Waals surface area contributed by atoms with Gasteiger partial charge in [-0.05, 0) is 55.8 Å². The molecule has 0 spiro atoms. The molecular weight excluding hydrogens is 442 g/mol. The highest BCUT2D eigenvalue weighted by Crippen LogP contribution is 2.26. The lowest BCUT2D eigenvalue weighted by Crippen LogP contribution is -2.41. The van der Waals surface area contributed by atoms with E-state index < -0.39 is 10.0 Å². The summed E-state index contributed by atoms with van der Waals surface area (Å²) >= 11 is 0. The van der Waals surface area contributed by atoms with Gasteiger partial charge in [0.1, 0.15) is 0 Å². The number of carbonyl (C=O) groups excluding carboxylic acids is 1. The molecule has 3 aliphatic heterocycles. The van der Waals surface area contributed by atoms with Crippen LogP contribution < -0.4 is 0 Å². The maximum Gasteiger partial charge on any atom is 0.253 e. The molecule has 0 unspecified atom stereocenters. The molecule has 0 bridgehead atoms. The standard InChI is InChI=1S/C24H37N3O5S/c1-2-21-3-4-22(19-23(21)33(29,30)27-13-17-32-18-14-27)24(28)26-9-6-20(7-10-26)5-8-25-11-15-31-16-12-25/h3-4,19-20H,2,5-18H2,1H3. The molecule has 3 saturated heterocycles. The molecule has 33 heavy (non-hydrogen) atoms. The van der Waals surface area contributed by atoms with Crippen LogP contribution in [0.1, 0.15) is 42.1 Å². The van der Waals surface area contributed by atoms with Crippen LogP contribution in [0.2, 0.25) is 0 Å². The summed E-state index contributed by atoms with van der Waals surface area (Å²) in [6.45, 7) is 9.69. The van der Waals surface area contributed by atoms with Gasteiger partial charge >= 0.3 is 0 Å². The van der Waals surface area contributed by atoms with Crippen LogP contribution in [-0.4, -0.2) is 101 Å². The average Bonchev–Trinajstić information content (AvgIpc) is 2.88. The second kappa shape index (κ2) is 11.3. The largest absolute Gasteiger partial charge is 0.379 e. The maximum absolute atomic E-state index is 13.3. The van der Waals surface area contributed by atoms with Crippen LogP contribution in [-0.2, 0) is 25.9 Å². The Morgan fingerprint density at radius 2 is 1.61 bits per heavy atom. The fourth-order valence-corrected chi connectivity index (χ4v) is 6.67. The topological polar surface area (TPSA) is 79.4 Å². The van der Waals surface area contributed by atoms with Crippen LogP contribution in [0.3, 0.4) is 0 Å². The van der Waals surface area contributed by atoms with Crippen molar-refractivity contribution in [2.45, 2.75) is 37.5 Å². The monoisotopic (exact) mass is 479 g/mol. The van der Waals surface area contributed by atoms with E-state index in [1.54, 1.807) is 18.2 Å². The zero-order valence-corrected chi connectivity index (χ0v) is 20.5. The highest BCUT2D eigenvalue weighted by atomic mass is 32.2. The number of benzene rings is 1. The second-order valence-corrected chi connectivity index (χ2v) is 11.1. The van der Waals surface area contributed by atoms with Crippen molar-refractivity contribution in [2.75, 3.05) is 72.2 Å². The van der Waals surface area contributed by atoms with E-state index in [9.17, 15) is 13.2 Å². The fraction of sp³-hybridized carbons (Fsp3) is 0.708. The number of rotatable bonds is 7. The summed E-state index contributed by atoms with van der Waals surface area (Å²) in [6.07, 6.45) is 3.77. The van der Waals surface area contributed by atoms with Crippen LogP contribution in [0, 0.1) is 5.92 Å². The second-order valence-electron chi connectivity index (χ2n) is 9.17. The number of ether oxygens (including phenoxy) is 2. The number of piperidine rings is 1. The Morgan fingerprint density at radius 3 is 2.24 bits per heavy atom. The first-order valence-corrected chi connectivity index (χ1v) is 13.7. The van der Waals surface area contributed by atoms with Gasteiger partial charge in [0.2, 0.25) is 10.0 Å². The van der Waals surface area contributed by atoms with Gasteiger partial charge in [-0.2, -0.15) is 4.31 Å². The molecule has 184 valence electrons. The van der Waals surface area contributed by atoms with Gasteiger partial charge < -0.3 is 14.4 Å². The van der Waals surface area contributed by atoms with Gasteiger partial charge in [-0.15, -0.1) is 0 Å². The Bertz CT molecular complexity index is 903. The number of carbonyl (C=O) groups is 1. The third-order valence-corrected chi connectivity index (χ3v) is 9.12. The molecule has 0 aliphatic carbocycles. The number of aryl methyl sites for hydroxylation is 1. The summed E-state index contributed by atoms with van der Waals surface area (Å²) in [6, 6.07) is 5.18. The highest BCUT2D eigenvalue weighted by molar-refractivity contribution is 7.89. The molecule has 4 rings (SSSR count). The molecule has 1 amide bonds. The van der Waals surface area contributed by atoms with Gasteiger partial charge in [-0.1, -0.05) is 13.0 Å². The van der Waals surface area contributed by atoms with Crippen molar-refractivity contribution in [3.05, 3.63) is 29.3 Å². The van der Waals surface area contributed by atoms with Crippen LogP contribution >= 0.6 is 0 Å². The Morgan fingerprint density at radius 1 is 0.970 bits per heavy atom. The third-order valence-electron chi connectivity index (χ3n) is 7.14. The molecule has 1 aromatic carbocycles. The van der Waals surface area contributed by atoms with Crippen molar-refractivity contribution in [3.8, 4) is 0 Å². The number of amides is 1. The predicted octanol–water partition coefficient (Wildman–Crippen LogP) is 1.84. The smallest absolute Gasteiger partial charge is 0.253 e. The number of hydrogen-bond donors (Lipinski definition) is 0. The van der Waals surface area contributed by atoms with Crippen molar-refractivity contribution in [1.82, 2.24) is 14.1 Å². The van der Waals surface area contributed by atoms with Gasteiger partial charge in [-0.3, -0.25) is 9.69 Å². The number of morpholine rings is 2. The van der Waals surface area contributed by atoms with Crippen LogP contribution in [0.5, 0.6) is 0 Å². The summed E-state index contributed by atoms with van der Waals surface area (Å²) in [5.41, 5.74) is 1.21. The predicted molar refractivity (Wildman–Crippen MR) is 126 cm³/mol. The molecule has 0 atom stereocenters. The first-order valence-electron chi connectivity index (χ1n) is 12.3. The summed E-state index contributed by atoms with van der Waals surface area (Å²) in [4.78, 5) is 17.9. The lowest BCUT2D eigenvalue weighted by molar-refractivity contribution is 0.0332. The molecule has 0 aromatic heterocycles. The summed E-state index contributed by atoms with van der Waals surface area (Å²) < 4.78 is 38.8. The zero-order valence-electron chi connectivity index (χ0n) is 19.7. The van der Waals surface area contributed by atoms with Gasteiger partial charge in [0.15, 0.2) is 0 Å². The van der Waals surface area contributed by atoms with Crippen LogP contribution in [0.15, 0.2) is 23.1 Å². The normalized spacial score (nSPS) is 21.9. The Kier molecular flexibility index (Phi) is 8.40. The summed E-state index contributed by atoms with van der Waals surface area (Å²) in [5, 5.41) is 0. The van der Waals surface area contributed by atoms with Crippen LogP contribution in [0.25, 0.3) is 0 Å². The SMILES string of the molecule is CCc1ccc(C(=O)N2CCC(CCN3CCOCC3)CC2)cc1S(=O)(=O)N1CCOCC1. The van der Waals surface area contributed by atoms with E-state index in [4.69, 9.17) is 9.47 Å². The molecule has 8 nitrogen and oxygen atoms in total. The van der Waals surface area contributed by atoms with Crippen molar-refractivity contribution >= 4 is 15.9 Å². The Labute approximate surface area is 197 Å². The van der Waals surface area contributed by atoms with Gasteiger partial charge in [0, 0.05) is 44.8 Å². The fourth-order valence-electron chi connectivity index (χ4n) is 4.94. The minimum absolute atomic E-state index is 0.0669. The average molecular weight is 480 g/mol. The first-order chi connectivity index (χ1) is 16.0. The summed E-state index contributed by atoms with van der Waals surface area (Å²) in [5.74, 6) is 0.569. The van der Waals surface area contributed by atoms with Crippen LogP contribution in [0.4, 0.5) is 0 Å². The Hall–Kier alpha value is -1.52. The lowest BCUT2D eigenvalue weighted by atomic mass is 9.93. The molecule has 0 saturated carbocycles. The van der Waals surface area contributed by atoms with Crippen molar-refractivity contribution < 1.29 is 22.7 Å². The van der Waals surface area contributed by atoms with E-state index in [1.165, 1.54) is 4.31 Å². The molecule has 1 aromatic rings. The van der Waals surface area contributed by atoms with E-state index in [0.29, 0.717) is 44.2 Å². The van der Waals surface area contributed by atoms with Gasteiger partial charge in [0.25, 0.3) is 5.91 Å². The van der Waals surface area contributed by atoms with Crippen molar-refractivity contribution in [3.63, 3.8) is 0 Å². The highest BCUT2D eigenvalue weighted by Gasteiger charge is 2.30. The van der Waals surface area contributed by atoms with E-state index >= 15 is 0 Å². The molecule has 9 heteroatoms. The third kappa shape index (κ3) is 5.95. The van der Waals surface area contributed by atoms with Gasteiger partial charge in [-0.25, -0.2) is 8.42 Å². The summed E-state index contributed by atoms with van der Waals surface area (Å²) in [7, 11) is -3.65. The first kappa shape index (κ1) is 24.6. The minimum atomic E-state index is -3.65. The number of hydrogen-bond acceptors (Lipinski definition) is 6. The molecule has 0 radical (unpaired) electrons. The molecule has 3 fully saturated rings. The lowest BCUT2D eigenvalue weighted by Gasteiger charge is -2.34. The number of nitrogens with zero attached hydrogens (tertiary/aromatic N) is 3. The van der Waals surface area contributed by atoms with Crippen molar-refractivity contribution in [1.29, 1.82) is 0 Å².